The number of nitrogens with two attached hydrogens (primary N) is 1. The molecular weight excluding hydrogens is 217 g/mol. The van der Waals surface area contributed by atoms with Crippen LogP contribution < -0.4 is 5.73 Å². The summed E-state index contributed by atoms with van der Waals surface area (Å²) in [6.07, 6.45) is 0.570. The van der Waals surface area contributed by atoms with E-state index >= 15 is 0 Å². The van der Waals surface area contributed by atoms with Crippen molar-refractivity contribution in [3.05, 3.63) is 21.3 Å². The summed E-state index contributed by atoms with van der Waals surface area (Å²) in [5, 5.41) is 11.2. The van der Waals surface area contributed by atoms with Crippen LogP contribution in [0.3, 0.4) is 0 Å². The van der Waals surface area contributed by atoms with Gasteiger partial charge < -0.3 is 10.8 Å². The molecule has 0 radical (unpaired) electrons. The molecule has 0 saturated carbocycles. The van der Waals surface area contributed by atoms with Crippen LogP contribution in [0.25, 0.3) is 0 Å². The zero-order valence-electron chi connectivity index (χ0n) is 6.37. The summed E-state index contributed by atoms with van der Waals surface area (Å²) in [7, 11) is 0. The molecule has 0 spiro atoms. The molecule has 0 aliphatic rings. The molecule has 0 aromatic carbocycles. The van der Waals surface area contributed by atoms with Gasteiger partial charge in [0.2, 0.25) is 0 Å². The summed E-state index contributed by atoms with van der Waals surface area (Å²) in [6, 6.07) is 1.70. The van der Waals surface area contributed by atoms with Gasteiger partial charge in [-0.1, -0.05) is 11.6 Å². The molecule has 70 valence electrons. The lowest BCUT2D eigenvalue weighted by molar-refractivity contribution is 0.277. The minimum absolute atomic E-state index is 0. The van der Waals surface area contributed by atoms with Gasteiger partial charge in [0.1, 0.15) is 0 Å². The van der Waals surface area contributed by atoms with Crippen LogP contribution in [-0.2, 0) is 0 Å². The van der Waals surface area contributed by atoms with E-state index in [-0.39, 0.29) is 25.1 Å². The van der Waals surface area contributed by atoms with Crippen LogP contribution in [0, 0.1) is 0 Å². The average Bonchev–Trinajstić information content (AvgIpc) is 2.36. The number of thiophene rings is 1. The van der Waals surface area contributed by atoms with Gasteiger partial charge >= 0.3 is 0 Å². The van der Waals surface area contributed by atoms with E-state index in [4.69, 9.17) is 22.4 Å². The van der Waals surface area contributed by atoms with Gasteiger partial charge in [0, 0.05) is 17.5 Å². The van der Waals surface area contributed by atoms with E-state index in [2.05, 4.69) is 0 Å². The van der Waals surface area contributed by atoms with E-state index in [1.165, 1.54) is 11.3 Å². The molecule has 0 fully saturated rings. The van der Waals surface area contributed by atoms with E-state index in [0.29, 0.717) is 11.4 Å². The lowest BCUT2D eigenvalue weighted by Gasteiger charge is -2.06. The molecule has 0 aliphatic heterocycles. The molecule has 1 heterocycles. The van der Waals surface area contributed by atoms with Crippen molar-refractivity contribution in [2.45, 2.75) is 12.5 Å². The molecule has 0 amide bonds. The Balaban J connectivity index is 0.00000121. The van der Waals surface area contributed by atoms with Crippen molar-refractivity contribution in [3.63, 3.8) is 0 Å². The Hall–Kier alpha value is 0.200. The van der Waals surface area contributed by atoms with E-state index in [1.54, 1.807) is 0 Å². The van der Waals surface area contributed by atoms with Crippen LogP contribution in [0.15, 0.2) is 11.4 Å². The first-order chi connectivity index (χ1) is 5.25. The Morgan fingerprint density at radius 2 is 2.33 bits per heavy atom. The number of hydrogen-bond donors (Lipinski definition) is 2. The zero-order chi connectivity index (χ0) is 8.27. The zero-order valence-corrected chi connectivity index (χ0v) is 8.75. The maximum Gasteiger partial charge on any atom is 0.0561 e. The van der Waals surface area contributed by atoms with Crippen molar-refractivity contribution in [2.75, 3.05) is 6.61 Å². The first-order valence-electron chi connectivity index (χ1n) is 3.35. The summed E-state index contributed by atoms with van der Waals surface area (Å²) in [6.45, 7) is 0.107. The Labute approximate surface area is 86.8 Å². The molecule has 1 aromatic rings. The third-order valence-corrected chi connectivity index (χ3v) is 2.91. The lowest BCUT2D eigenvalue weighted by Crippen LogP contribution is -2.10. The number of rotatable bonds is 3. The van der Waals surface area contributed by atoms with Crippen LogP contribution in [-0.4, -0.2) is 11.7 Å². The van der Waals surface area contributed by atoms with E-state index in [9.17, 15) is 0 Å². The molecule has 12 heavy (non-hydrogen) atoms. The van der Waals surface area contributed by atoms with Crippen LogP contribution in [0.5, 0.6) is 0 Å². The van der Waals surface area contributed by atoms with Crippen LogP contribution in [0.4, 0.5) is 0 Å². The van der Waals surface area contributed by atoms with Crippen molar-refractivity contribution in [3.8, 4) is 0 Å². The molecule has 3 N–H and O–H groups in total. The smallest absolute Gasteiger partial charge is 0.0561 e. The highest BCUT2D eigenvalue weighted by molar-refractivity contribution is 7.10. The molecule has 0 saturated heterocycles. The van der Waals surface area contributed by atoms with Gasteiger partial charge in [-0.05, 0) is 17.9 Å². The highest BCUT2D eigenvalue weighted by atomic mass is 35.5. The highest BCUT2D eigenvalue weighted by Crippen LogP contribution is 2.28. The quantitative estimate of drug-likeness (QED) is 0.833. The molecule has 0 aliphatic carbocycles. The van der Waals surface area contributed by atoms with E-state index in [0.717, 1.165) is 4.88 Å². The summed E-state index contributed by atoms with van der Waals surface area (Å²) < 4.78 is 0. The maximum absolute atomic E-state index is 8.61. The van der Waals surface area contributed by atoms with Crippen molar-refractivity contribution in [2.24, 2.45) is 5.73 Å². The predicted molar refractivity (Wildman–Crippen MR) is 55.2 cm³/mol. The van der Waals surface area contributed by atoms with Crippen LogP contribution in [0.1, 0.15) is 17.3 Å². The van der Waals surface area contributed by atoms with Gasteiger partial charge in [0.05, 0.1) is 5.02 Å². The van der Waals surface area contributed by atoms with Crippen LogP contribution >= 0.6 is 35.3 Å². The lowest BCUT2D eigenvalue weighted by atomic mass is 10.2. The van der Waals surface area contributed by atoms with Gasteiger partial charge in [-0.15, -0.1) is 23.7 Å². The van der Waals surface area contributed by atoms with Gasteiger partial charge in [-0.2, -0.15) is 0 Å². The first kappa shape index (κ1) is 12.2. The Kier molecular flexibility index (Phi) is 5.88. The van der Waals surface area contributed by atoms with Crippen LogP contribution in [0.2, 0.25) is 5.02 Å². The average molecular weight is 228 g/mol. The fourth-order valence-electron chi connectivity index (χ4n) is 0.840. The van der Waals surface area contributed by atoms with Crippen molar-refractivity contribution in [1.82, 2.24) is 0 Å². The monoisotopic (exact) mass is 227 g/mol. The summed E-state index contributed by atoms with van der Waals surface area (Å²) in [5.41, 5.74) is 5.72. The van der Waals surface area contributed by atoms with Gasteiger partial charge in [0.15, 0.2) is 0 Å². The molecular formula is C7H11Cl2NOS. The largest absolute Gasteiger partial charge is 0.396 e. The number of aliphatic hydroxyl groups excluding tert-OH is 1. The Morgan fingerprint density at radius 1 is 1.67 bits per heavy atom. The Bertz CT molecular complexity index is 229. The van der Waals surface area contributed by atoms with Crippen molar-refractivity contribution in [1.29, 1.82) is 0 Å². The van der Waals surface area contributed by atoms with E-state index in [1.807, 2.05) is 11.4 Å². The SMILES string of the molecule is Cl.N[C@@H](CCO)c1sccc1Cl. The molecule has 1 aromatic heterocycles. The van der Waals surface area contributed by atoms with Gasteiger partial charge in [0.25, 0.3) is 0 Å². The maximum atomic E-state index is 8.61. The molecule has 2 nitrogen and oxygen atoms in total. The molecule has 0 bridgehead atoms. The third kappa shape index (κ3) is 2.92. The fraction of sp³-hybridized carbons (Fsp3) is 0.429. The second-order valence-corrected chi connectivity index (χ2v) is 3.61. The first-order valence-corrected chi connectivity index (χ1v) is 4.60. The number of halogens is 2. The van der Waals surface area contributed by atoms with Gasteiger partial charge in [-0.25, -0.2) is 0 Å². The fourth-order valence-corrected chi connectivity index (χ4v) is 2.08. The Morgan fingerprint density at radius 3 is 2.75 bits per heavy atom. The normalized spacial score (nSPS) is 12.2. The third-order valence-electron chi connectivity index (χ3n) is 1.42. The number of hydrogen-bond acceptors (Lipinski definition) is 3. The minimum atomic E-state index is -0.118. The predicted octanol–water partition coefficient (Wildman–Crippen LogP) is 2.21. The standard InChI is InChI=1S/C7H10ClNOS.ClH/c8-5-2-4-11-7(5)6(9)1-3-10;/h2,4,6,10H,1,3,9H2;1H/t6-;/m0./s1. The second kappa shape index (κ2) is 5.78. The molecule has 1 rings (SSSR count). The topological polar surface area (TPSA) is 46.2 Å². The van der Waals surface area contributed by atoms with Crippen molar-refractivity contribution >= 4 is 35.3 Å². The molecule has 0 unspecified atom stereocenters. The summed E-state index contributed by atoms with van der Waals surface area (Å²) in [4.78, 5) is 0.959. The van der Waals surface area contributed by atoms with E-state index < -0.39 is 0 Å². The molecule has 5 heteroatoms. The molecule has 1 atom stereocenters. The summed E-state index contributed by atoms with van der Waals surface area (Å²) in [5.74, 6) is 0. The van der Waals surface area contributed by atoms with Gasteiger partial charge in [-0.3, -0.25) is 0 Å². The minimum Gasteiger partial charge on any atom is -0.396 e. The number of aliphatic hydroxyl groups is 1. The second-order valence-electron chi connectivity index (χ2n) is 2.25. The highest BCUT2D eigenvalue weighted by Gasteiger charge is 2.09. The van der Waals surface area contributed by atoms with Crippen molar-refractivity contribution < 1.29 is 5.11 Å². The summed E-state index contributed by atoms with van der Waals surface area (Å²) >= 11 is 7.35.